The molecule has 0 saturated carbocycles. The fraction of sp³-hybridized carbons (Fsp3) is 0.200. The molecule has 196 valence electrons. The van der Waals surface area contributed by atoms with Gasteiger partial charge in [0.05, 0.1) is 16.7 Å². The Hall–Kier alpha value is -5.09. The number of rotatable bonds is 6. The van der Waals surface area contributed by atoms with Crippen molar-refractivity contribution in [2.24, 2.45) is 15.3 Å². The number of hydrogen-bond acceptors (Lipinski definition) is 9. The highest BCUT2D eigenvalue weighted by Gasteiger charge is 2.35. The fourth-order valence-electron chi connectivity index (χ4n) is 4.49. The van der Waals surface area contributed by atoms with E-state index in [-0.39, 0.29) is 17.8 Å². The van der Waals surface area contributed by atoms with Crippen molar-refractivity contribution in [3.63, 3.8) is 0 Å². The number of aromatic nitrogens is 2. The van der Waals surface area contributed by atoms with Gasteiger partial charge in [0.1, 0.15) is 12.5 Å². The second-order valence-electron chi connectivity index (χ2n) is 8.79. The normalized spacial score (nSPS) is 17.3. The lowest BCUT2D eigenvalue weighted by atomic mass is 9.85. The molecular weight excluding hydrogens is 526 g/mol. The first kappa shape index (κ1) is 25.6. The number of nitrogens with one attached hydrogen (secondary N) is 3. The Labute approximate surface area is 225 Å². The van der Waals surface area contributed by atoms with E-state index in [0.717, 1.165) is 11.3 Å². The predicted molar refractivity (Wildman–Crippen MR) is 142 cm³/mol. The van der Waals surface area contributed by atoms with Gasteiger partial charge in [-0.25, -0.2) is 5.43 Å². The third kappa shape index (κ3) is 5.32. The number of nitro benzene ring substituents is 1. The molecular formula is C25H20ClN9O4. The largest absolute Gasteiger partial charge is 0.342 e. The van der Waals surface area contributed by atoms with Crippen LogP contribution in [0.2, 0.25) is 5.02 Å². The average molecular weight is 546 g/mol. The monoisotopic (exact) mass is 545 g/mol. The van der Waals surface area contributed by atoms with Gasteiger partial charge in [0, 0.05) is 35.0 Å². The molecule has 2 aromatic carbocycles. The van der Waals surface area contributed by atoms with Gasteiger partial charge in [-0.2, -0.15) is 15.5 Å². The maximum absolute atomic E-state index is 13.0. The number of halogens is 1. The molecule has 0 saturated heterocycles. The van der Waals surface area contributed by atoms with E-state index in [0.29, 0.717) is 47.1 Å². The molecule has 1 amide bonds. The molecule has 1 unspecified atom stereocenters. The Bertz CT molecular complexity index is 1640. The number of allylic oxidation sites excluding steroid dienone is 2. The number of aromatic amines is 1. The zero-order valence-electron chi connectivity index (χ0n) is 20.2. The molecule has 39 heavy (non-hydrogen) atoms. The standard InChI is InChI=1S/C25H20ClN9O4/c26-15-3-5-16(6-4-15)29-32-22-24-28-20-10-7-17(30-31-21(36)11-12-27)13-19(20)23(34(24)33-25(22)37)14-1-8-18(9-2-14)35(38)39/h1-6,8-9,23,28H,7,10-11,13H2,(H,31,36)(H,33,37). The quantitative estimate of drug-likeness (QED) is 0.222. The first-order valence-electron chi connectivity index (χ1n) is 11.8. The SMILES string of the molecule is N#CCC(=O)NN=C1CCC2=C(C1)C(c1ccc([N+](=O)[O-])cc1)n1[nH]c(=O)c(N=Nc3ccc(Cl)cc3)c1N2. The van der Waals surface area contributed by atoms with E-state index in [9.17, 15) is 19.7 Å². The van der Waals surface area contributed by atoms with Gasteiger partial charge in [0.15, 0.2) is 11.5 Å². The molecule has 3 N–H and O–H groups in total. The summed E-state index contributed by atoms with van der Waals surface area (Å²) < 4.78 is 1.62. The van der Waals surface area contributed by atoms with Crippen molar-refractivity contribution in [3.05, 3.63) is 90.9 Å². The number of benzene rings is 2. The number of nitrogens with zero attached hydrogens (tertiary/aromatic N) is 6. The Balaban J connectivity index is 1.55. The summed E-state index contributed by atoms with van der Waals surface area (Å²) >= 11 is 5.93. The highest BCUT2D eigenvalue weighted by Crippen LogP contribution is 2.43. The lowest BCUT2D eigenvalue weighted by molar-refractivity contribution is -0.384. The molecule has 1 atom stereocenters. The Kier molecular flexibility index (Phi) is 7.02. The van der Waals surface area contributed by atoms with Crippen molar-refractivity contribution in [1.82, 2.24) is 15.2 Å². The lowest BCUT2D eigenvalue weighted by Crippen LogP contribution is -2.30. The smallest absolute Gasteiger partial charge is 0.294 e. The first-order valence-corrected chi connectivity index (χ1v) is 12.2. The summed E-state index contributed by atoms with van der Waals surface area (Å²) in [6.45, 7) is 0. The second-order valence-corrected chi connectivity index (χ2v) is 9.23. The molecule has 2 heterocycles. The molecule has 0 fully saturated rings. The van der Waals surface area contributed by atoms with Gasteiger partial charge < -0.3 is 5.32 Å². The molecule has 1 aromatic heterocycles. The van der Waals surface area contributed by atoms with Crippen LogP contribution in [-0.4, -0.2) is 26.3 Å². The number of anilines is 1. The Morgan fingerprint density at radius 3 is 2.62 bits per heavy atom. The number of nitriles is 1. The van der Waals surface area contributed by atoms with Gasteiger partial charge in [-0.1, -0.05) is 11.6 Å². The highest BCUT2D eigenvalue weighted by molar-refractivity contribution is 6.30. The lowest BCUT2D eigenvalue weighted by Gasteiger charge is -2.35. The maximum atomic E-state index is 13.0. The van der Waals surface area contributed by atoms with Crippen molar-refractivity contribution in [2.45, 2.75) is 31.7 Å². The van der Waals surface area contributed by atoms with E-state index < -0.39 is 22.4 Å². The van der Waals surface area contributed by atoms with Crippen LogP contribution in [-0.2, 0) is 4.79 Å². The number of fused-ring (bicyclic) bond motifs is 1. The van der Waals surface area contributed by atoms with E-state index in [1.807, 2.05) is 0 Å². The van der Waals surface area contributed by atoms with Crippen LogP contribution in [0, 0.1) is 21.4 Å². The van der Waals surface area contributed by atoms with E-state index in [1.165, 1.54) is 12.1 Å². The van der Waals surface area contributed by atoms with Crippen LogP contribution < -0.4 is 16.3 Å². The summed E-state index contributed by atoms with van der Waals surface area (Å²) in [6, 6.07) is 14.0. The molecule has 3 aromatic rings. The summed E-state index contributed by atoms with van der Waals surface area (Å²) in [4.78, 5) is 35.5. The molecule has 0 bridgehead atoms. The van der Waals surface area contributed by atoms with Crippen LogP contribution in [0.1, 0.15) is 37.3 Å². The summed E-state index contributed by atoms with van der Waals surface area (Å²) in [7, 11) is 0. The summed E-state index contributed by atoms with van der Waals surface area (Å²) in [5.74, 6) is -0.103. The van der Waals surface area contributed by atoms with Crippen LogP contribution in [0.15, 0.2) is 79.9 Å². The minimum atomic E-state index is -0.537. The molecule has 1 aliphatic carbocycles. The third-order valence-electron chi connectivity index (χ3n) is 6.30. The minimum absolute atomic E-state index is 0.0633. The van der Waals surface area contributed by atoms with Crippen molar-refractivity contribution in [2.75, 3.05) is 5.32 Å². The van der Waals surface area contributed by atoms with Crippen molar-refractivity contribution in [1.29, 1.82) is 5.26 Å². The van der Waals surface area contributed by atoms with E-state index in [4.69, 9.17) is 16.9 Å². The van der Waals surface area contributed by atoms with E-state index >= 15 is 0 Å². The number of non-ortho nitro benzene ring substituents is 1. The van der Waals surface area contributed by atoms with Crippen LogP contribution in [0.25, 0.3) is 0 Å². The van der Waals surface area contributed by atoms with Gasteiger partial charge in [-0.05, 0) is 60.4 Å². The van der Waals surface area contributed by atoms with Crippen molar-refractivity contribution in [3.8, 4) is 6.07 Å². The fourth-order valence-corrected chi connectivity index (χ4v) is 4.61. The summed E-state index contributed by atoms with van der Waals surface area (Å²) in [6.07, 6.45) is 1.11. The van der Waals surface area contributed by atoms with Crippen LogP contribution in [0.5, 0.6) is 0 Å². The number of H-pyrrole nitrogens is 1. The average Bonchev–Trinajstić information content (AvgIpc) is 3.24. The predicted octanol–water partition coefficient (Wildman–Crippen LogP) is 4.99. The number of hydrazone groups is 1. The number of hydrogen-bond donors (Lipinski definition) is 3. The first-order chi connectivity index (χ1) is 18.8. The zero-order chi connectivity index (χ0) is 27.5. The molecule has 13 nitrogen and oxygen atoms in total. The van der Waals surface area contributed by atoms with Crippen molar-refractivity contribution < 1.29 is 9.72 Å². The Morgan fingerprint density at radius 1 is 1.18 bits per heavy atom. The van der Waals surface area contributed by atoms with E-state index in [2.05, 4.69) is 31.2 Å². The molecule has 2 aliphatic rings. The molecule has 0 spiro atoms. The zero-order valence-corrected chi connectivity index (χ0v) is 21.0. The van der Waals surface area contributed by atoms with Crippen LogP contribution in [0.3, 0.4) is 0 Å². The van der Waals surface area contributed by atoms with Crippen LogP contribution >= 0.6 is 11.6 Å². The summed E-state index contributed by atoms with van der Waals surface area (Å²) in [5, 5.41) is 39.2. The Morgan fingerprint density at radius 2 is 1.92 bits per heavy atom. The van der Waals surface area contributed by atoms with Crippen molar-refractivity contribution >= 4 is 46.1 Å². The molecule has 1 aliphatic heterocycles. The topological polar surface area (TPSA) is 183 Å². The van der Waals surface area contributed by atoms with Gasteiger partial charge in [0.2, 0.25) is 0 Å². The van der Waals surface area contributed by atoms with Gasteiger partial charge in [0.25, 0.3) is 17.2 Å². The van der Waals surface area contributed by atoms with Gasteiger partial charge in [-0.15, -0.1) is 5.11 Å². The molecule has 0 radical (unpaired) electrons. The number of amides is 1. The number of nitro groups is 1. The molecule has 5 rings (SSSR count). The van der Waals surface area contributed by atoms with Crippen LogP contribution in [0.4, 0.5) is 22.9 Å². The van der Waals surface area contributed by atoms with E-state index in [1.54, 1.807) is 47.1 Å². The second kappa shape index (κ2) is 10.7. The highest BCUT2D eigenvalue weighted by atomic mass is 35.5. The number of carbonyl (C=O) groups excluding carboxylic acids is 1. The number of carbonyl (C=O) groups is 1. The minimum Gasteiger partial charge on any atom is -0.342 e. The maximum Gasteiger partial charge on any atom is 0.294 e. The number of azo groups is 1. The van der Waals surface area contributed by atoms with Gasteiger partial charge >= 0.3 is 0 Å². The third-order valence-corrected chi connectivity index (χ3v) is 6.55. The molecule has 14 heteroatoms. The van der Waals surface area contributed by atoms with Gasteiger partial charge in [-0.3, -0.25) is 29.5 Å². The summed E-state index contributed by atoms with van der Waals surface area (Å²) in [5.41, 5.74) is 5.55.